The van der Waals surface area contributed by atoms with Crippen molar-refractivity contribution in [3.8, 4) is 0 Å². The molecule has 1 aliphatic rings. The molecule has 2 rings (SSSR count). The van der Waals surface area contributed by atoms with Crippen LogP contribution in [0.25, 0.3) is 0 Å². The maximum atomic E-state index is 12.2. The molecular formula is C15H21NO5Si. The number of aryl methyl sites for hydroxylation is 1. The summed E-state index contributed by atoms with van der Waals surface area (Å²) < 4.78 is 16.2. The Kier molecular flexibility index (Phi) is 5.12. The molecule has 2 amide bonds. The van der Waals surface area contributed by atoms with Crippen molar-refractivity contribution in [3.63, 3.8) is 0 Å². The molecular weight excluding hydrogens is 302 g/mol. The summed E-state index contributed by atoms with van der Waals surface area (Å²) in [6.07, 6.45) is 0.655. The first-order valence-corrected chi connectivity index (χ1v) is 9.09. The van der Waals surface area contributed by atoms with Gasteiger partial charge in [0.25, 0.3) is 11.8 Å². The van der Waals surface area contributed by atoms with Crippen LogP contribution in [0.5, 0.6) is 0 Å². The van der Waals surface area contributed by atoms with E-state index >= 15 is 0 Å². The summed E-state index contributed by atoms with van der Waals surface area (Å²) >= 11 is 0. The van der Waals surface area contributed by atoms with Crippen LogP contribution in [0.15, 0.2) is 18.2 Å². The fraction of sp³-hybridized carbons (Fsp3) is 0.467. The van der Waals surface area contributed by atoms with E-state index in [9.17, 15) is 9.59 Å². The lowest BCUT2D eigenvalue weighted by atomic mass is 10.0. The van der Waals surface area contributed by atoms with Gasteiger partial charge in [-0.25, -0.2) is 0 Å². The Labute approximate surface area is 131 Å². The van der Waals surface area contributed by atoms with Crippen LogP contribution in [-0.4, -0.2) is 53.4 Å². The molecule has 0 saturated carbocycles. The van der Waals surface area contributed by atoms with Crippen molar-refractivity contribution in [1.29, 1.82) is 0 Å². The van der Waals surface area contributed by atoms with Crippen LogP contribution in [0.1, 0.15) is 33.2 Å². The highest BCUT2D eigenvalue weighted by Gasteiger charge is 2.38. The number of fused-ring (bicyclic) bond motifs is 1. The monoisotopic (exact) mass is 323 g/mol. The zero-order valence-corrected chi connectivity index (χ0v) is 14.3. The third-order valence-electron chi connectivity index (χ3n) is 4.00. The van der Waals surface area contributed by atoms with Gasteiger partial charge in [0, 0.05) is 33.9 Å². The Hall–Kier alpha value is -1.54. The largest absolute Gasteiger partial charge is 0.500 e. The Morgan fingerprint density at radius 3 is 2.14 bits per heavy atom. The molecule has 0 aliphatic carbocycles. The number of imide groups is 1. The van der Waals surface area contributed by atoms with Crippen LogP contribution >= 0.6 is 0 Å². The number of rotatable bonds is 7. The molecule has 7 heteroatoms. The summed E-state index contributed by atoms with van der Waals surface area (Å²) in [5.41, 5.74) is 1.91. The van der Waals surface area contributed by atoms with Crippen molar-refractivity contribution in [2.24, 2.45) is 0 Å². The molecule has 120 valence electrons. The molecule has 1 aliphatic heterocycles. The fourth-order valence-electron chi connectivity index (χ4n) is 2.63. The van der Waals surface area contributed by atoms with Crippen molar-refractivity contribution in [2.75, 3.05) is 27.9 Å². The highest BCUT2D eigenvalue weighted by molar-refractivity contribution is 6.60. The molecule has 0 saturated heterocycles. The normalized spacial score (nSPS) is 14.6. The highest BCUT2D eigenvalue weighted by atomic mass is 28.4. The van der Waals surface area contributed by atoms with Crippen LogP contribution in [0.2, 0.25) is 6.04 Å². The van der Waals surface area contributed by atoms with Crippen molar-refractivity contribution in [1.82, 2.24) is 4.90 Å². The summed E-state index contributed by atoms with van der Waals surface area (Å²) in [7, 11) is 2.08. The molecule has 0 bridgehead atoms. The third-order valence-corrected chi connectivity index (χ3v) is 6.73. The maximum absolute atomic E-state index is 12.2. The Balaban J connectivity index is 2.19. The smallest absolute Gasteiger partial charge is 0.377 e. The minimum absolute atomic E-state index is 0.219. The summed E-state index contributed by atoms with van der Waals surface area (Å²) in [6, 6.07) is 5.97. The standard InChI is InChI=1S/C15H21NO5Si/c1-5-16-14(17)12-7-6-11(10-13(12)15(16)18)8-9-22(19-2,20-3)21-4/h6-7,10H,5,8-9H2,1-4H3. The number of carbonyl (C=O) groups excluding carboxylic acids is 2. The van der Waals surface area contributed by atoms with Gasteiger partial charge in [-0.2, -0.15) is 0 Å². The minimum Gasteiger partial charge on any atom is -0.377 e. The SMILES string of the molecule is CCN1C(=O)c2ccc(CC[Si](OC)(OC)OC)cc2C1=O. The van der Waals surface area contributed by atoms with Gasteiger partial charge < -0.3 is 13.3 Å². The second-order valence-corrected chi connectivity index (χ2v) is 8.12. The summed E-state index contributed by atoms with van der Waals surface area (Å²) in [5, 5.41) is 0. The lowest BCUT2D eigenvalue weighted by Gasteiger charge is -2.24. The van der Waals surface area contributed by atoms with E-state index in [4.69, 9.17) is 13.3 Å². The van der Waals surface area contributed by atoms with E-state index < -0.39 is 8.80 Å². The average molecular weight is 323 g/mol. The minimum atomic E-state index is -2.64. The molecule has 1 heterocycles. The number of amides is 2. The van der Waals surface area contributed by atoms with E-state index in [2.05, 4.69) is 0 Å². The van der Waals surface area contributed by atoms with Gasteiger partial charge in [0.1, 0.15) is 0 Å². The quantitative estimate of drug-likeness (QED) is 0.565. The van der Waals surface area contributed by atoms with Gasteiger partial charge in [-0.15, -0.1) is 0 Å². The van der Waals surface area contributed by atoms with E-state index in [0.29, 0.717) is 30.1 Å². The first-order valence-electron chi connectivity index (χ1n) is 7.16. The summed E-state index contributed by atoms with van der Waals surface area (Å²) in [5.74, 6) is -0.443. The van der Waals surface area contributed by atoms with E-state index in [1.807, 2.05) is 6.07 Å². The fourth-order valence-corrected chi connectivity index (χ4v) is 4.34. The highest BCUT2D eigenvalue weighted by Crippen LogP contribution is 2.25. The van der Waals surface area contributed by atoms with Gasteiger partial charge in [0.15, 0.2) is 0 Å². The van der Waals surface area contributed by atoms with E-state index in [-0.39, 0.29) is 11.8 Å². The van der Waals surface area contributed by atoms with Crippen LogP contribution < -0.4 is 0 Å². The predicted octanol–water partition coefficient (Wildman–Crippen LogP) is 1.72. The number of hydrogen-bond donors (Lipinski definition) is 0. The van der Waals surface area contributed by atoms with Gasteiger partial charge in [0.2, 0.25) is 0 Å². The average Bonchev–Trinajstić information content (AvgIpc) is 2.80. The van der Waals surface area contributed by atoms with Crippen LogP contribution in [0.4, 0.5) is 0 Å². The Bertz CT molecular complexity index is 577. The predicted molar refractivity (Wildman–Crippen MR) is 82.8 cm³/mol. The first kappa shape index (κ1) is 16.8. The summed E-state index contributed by atoms with van der Waals surface area (Å²) in [4.78, 5) is 25.5. The lowest BCUT2D eigenvalue weighted by Crippen LogP contribution is -2.43. The number of benzene rings is 1. The first-order chi connectivity index (χ1) is 10.5. The van der Waals surface area contributed by atoms with Crippen molar-refractivity contribution >= 4 is 20.6 Å². The van der Waals surface area contributed by atoms with Crippen LogP contribution in [0.3, 0.4) is 0 Å². The molecule has 1 aromatic rings. The Morgan fingerprint density at radius 2 is 1.59 bits per heavy atom. The molecule has 0 fully saturated rings. The second kappa shape index (κ2) is 6.70. The second-order valence-electron chi connectivity index (χ2n) is 5.03. The van der Waals surface area contributed by atoms with Gasteiger partial charge in [-0.3, -0.25) is 14.5 Å². The van der Waals surface area contributed by atoms with Gasteiger partial charge >= 0.3 is 8.80 Å². The Morgan fingerprint density at radius 1 is 1.00 bits per heavy atom. The zero-order chi connectivity index (χ0) is 16.3. The van der Waals surface area contributed by atoms with Gasteiger partial charge in [0.05, 0.1) is 11.1 Å². The zero-order valence-electron chi connectivity index (χ0n) is 13.3. The molecule has 1 aromatic carbocycles. The maximum Gasteiger partial charge on any atom is 0.500 e. The lowest BCUT2D eigenvalue weighted by molar-refractivity contribution is 0.0663. The van der Waals surface area contributed by atoms with Crippen molar-refractivity contribution in [2.45, 2.75) is 19.4 Å². The molecule has 6 nitrogen and oxygen atoms in total. The molecule has 0 N–H and O–H groups in total. The van der Waals surface area contributed by atoms with Gasteiger partial charge in [-0.1, -0.05) is 6.07 Å². The number of carbonyl (C=O) groups is 2. The molecule has 0 atom stereocenters. The van der Waals surface area contributed by atoms with E-state index in [1.165, 1.54) is 4.90 Å². The molecule has 0 radical (unpaired) electrons. The van der Waals surface area contributed by atoms with Crippen molar-refractivity contribution in [3.05, 3.63) is 34.9 Å². The van der Waals surface area contributed by atoms with Crippen molar-refractivity contribution < 1.29 is 22.9 Å². The third kappa shape index (κ3) is 2.85. The molecule has 0 unspecified atom stereocenters. The molecule has 22 heavy (non-hydrogen) atoms. The van der Waals surface area contributed by atoms with Crippen LogP contribution in [-0.2, 0) is 19.7 Å². The van der Waals surface area contributed by atoms with Gasteiger partial charge in [-0.05, 0) is 31.0 Å². The molecule has 0 spiro atoms. The van der Waals surface area contributed by atoms with E-state index in [1.54, 1.807) is 40.4 Å². The summed E-state index contributed by atoms with van der Waals surface area (Å²) in [6.45, 7) is 2.17. The molecule has 0 aromatic heterocycles. The topological polar surface area (TPSA) is 65.1 Å². The van der Waals surface area contributed by atoms with Crippen LogP contribution in [0, 0.1) is 0 Å². The number of hydrogen-bond acceptors (Lipinski definition) is 5. The van der Waals surface area contributed by atoms with E-state index in [0.717, 1.165) is 5.56 Å². The number of nitrogens with zero attached hydrogens (tertiary/aromatic N) is 1.